The molecule has 1 unspecified atom stereocenters. The van der Waals surface area contributed by atoms with Crippen molar-refractivity contribution in [2.45, 2.75) is 33.1 Å². The minimum atomic E-state index is 0.536. The van der Waals surface area contributed by atoms with Crippen LogP contribution in [0.1, 0.15) is 35.3 Å². The number of thiophene rings is 1. The molecule has 0 saturated carbocycles. The van der Waals surface area contributed by atoms with Crippen molar-refractivity contribution in [3.8, 4) is 6.07 Å². The first-order chi connectivity index (χ1) is 8.22. The lowest BCUT2D eigenvalue weighted by Crippen LogP contribution is -2.02. The molecule has 88 valence electrons. The molecule has 3 heteroatoms. The topological polar surface area (TPSA) is 36.1 Å². The first kappa shape index (κ1) is 12.1. The Bertz CT molecular complexity index is 503. The summed E-state index contributed by atoms with van der Waals surface area (Å²) in [7, 11) is 0. The van der Waals surface area contributed by atoms with Crippen LogP contribution in [0, 0.1) is 31.1 Å². The quantitative estimate of drug-likeness (QED) is 0.564. The van der Waals surface area contributed by atoms with Gasteiger partial charge in [0.2, 0.25) is 0 Å². The summed E-state index contributed by atoms with van der Waals surface area (Å²) >= 11 is 1.62. The van der Waals surface area contributed by atoms with Gasteiger partial charge in [-0.25, -0.2) is 4.99 Å². The third-order valence-electron chi connectivity index (χ3n) is 3.19. The lowest BCUT2D eigenvalue weighted by atomic mass is 9.96. The monoisotopic (exact) mass is 244 g/mol. The van der Waals surface area contributed by atoms with Gasteiger partial charge in [0.25, 0.3) is 0 Å². The molecule has 0 aromatic carbocycles. The molecule has 1 heterocycles. The van der Waals surface area contributed by atoms with Gasteiger partial charge in [0, 0.05) is 11.1 Å². The Labute approximate surface area is 106 Å². The smallest absolute Gasteiger partial charge is 0.133 e. The van der Waals surface area contributed by atoms with Crippen molar-refractivity contribution >= 4 is 22.6 Å². The predicted octanol–water partition coefficient (Wildman–Crippen LogP) is 4.30. The van der Waals surface area contributed by atoms with Gasteiger partial charge in [-0.1, -0.05) is 12.2 Å². The second-order valence-electron chi connectivity index (χ2n) is 4.40. The van der Waals surface area contributed by atoms with Crippen LogP contribution >= 0.6 is 11.3 Å². The van der Waals surface area contributed by atoms with Gasteiger partial charge in [0.05, 0.1) is 5.56 Å². The standard InChI is InChI=1S/C14H16N2S/c1-10-11(2)17-14(13(10)8-15)16-9-12-6-4-3-5-7-12/h3-4,9,12H,5-7H2,1-2H3/b16-9+. The molecule has 0 amide bonds. The van der Waals surface area contributed by atoms with E-state index >= 15 is 0 Å². The summed E-state index contributed by atoms with van der Waals surface area (Å²) in [5.74, 6) is 0.536. The van der Waals surface area contributed by atoms with Gasteiger partial charge >= 0.3 is 0 Å². The molecular weight excluding hydrogens is 228 g/mol. The Morgan fingerprint density at radius 1 is 1.47 bits per heavy atom. The predicted molar refractivity (Wildman–Crippen MR) is 73.1 cm³/mol. The normalized spacial score (nSPS) is 19.7. The second-order valence-corrected chi connectivity index (χ2v) is 5.60. The number of rotatable bonds is 2. The summed E-state index contributed by atoms with van der Waals surface area (Å²) in [5, 5.41) is 9.99. The maximum atomic E-state index is 9.12. The van der Waals surface area contributed by atoms with Crippen LogP contribution in [0.4, 0.5) is 5.00 Å². The minimum Gasteiger partial charge on any atom is -0.249 e. The first-order valence-electron chi connectivity index (χ1n) is 5.91. The Morgan fingerprint density at radius 3 is 2.94 bits per heavy atom. The van der Waals surface area contributed by atoms with Gasteiger partial charge in [-0.15, -0.1) is 11.3 Å². The molecule has 1 aliphatic rings. The van der Waals surface area contributed by atoms with Crippen molar-refractivity contribution in [2.75, 3.05) is 0 Å². The SMILES string of the molecule is Cc1sc(/N=C/C2CC=CCC2)c(C#N)c1C. The van der Waals surface area contributed by atoms with Crippen molar-refractivity contribution in [1.82, 2.24) is 0 Å². The van der Waals surface area contributed by atoms with E-state index in [2.05, 4.69) is 23.2 Å². The molecule has 2 nitrogen and oxygen atoms in total. The zero-order valence-electron chi connectivity index (χ0n) is 10.2. The van der Waals surface area contributed by atoms with E-state index in [1.165, 1.54) is 11.3 Å². The summed E-state index contributed by atoms with van der Waals surface area (Å²) < 4.78 is 0. The van der Waals surface area contributed by atoms with E-state index in [-0.39, 0.29) is 0 Å². The highest BCUT2D eigenvalue weighted by Gasteiger charge is 2.12. The van der Waals surface area contributed by atoms with Crippen molar-refractivity contribution in [3.63, 3.8) is 0 Å². The van der Waals surface area contributed by atoms with Crippen LogP contribution in [-0.4, -0.2) is 6.21 Å². The molecule has 0 fully saturated rings. The zero-order chi connectivity index (χ0) is 12.3. The molecule has 0 radical (unpaired) electrons. The van der Waals surface area contributed by atoms with E-state index in [1.54, 1.807) is 11.3 Å². The molecule has 0 spiro atoms. The zero-order valence-corrected chi connectivity index (χ0v) is 11.0. The van der Waals surface area contributed by atoms with Gasteiger partial charge in [-0.05, 0) is 44.6 Å². The molecule has 17 heavy (non-hydrogen) atoms. The molecule has 0 aliphatic heterocycles. The molecule has 0 bridgehead atoms. The largest absolute Gasteiger partial charge is 0.249 e. The summed E-state index contributed by atoms with van der Waals surface area (Å²) in [4.78, 5) is 5.71. The highest BCUT2D eigenvalue weighted by molar-refractivity contribution is 7.16. The van der Waals surface area contributed by atoms with E-state index in [0.717, 1.165) is 29.0 Å². The third kappa shape index (κ3) is 2.65. The molecule has 0 N–H and O–H groups in total. The van der Waals surface area contributed by atoms with Crippen LogP contribution in [0.2, 0.25) is 0 Å². The molecule has 1 aromatic heterocycles. The molecular formula is C14H16N2S. The van der Waals surface area contributed by atoms with Crippen LogP contribution in [0.3, 0.4) is 0 Å². The Hall–Kier alpha value is -1.40. The van der Waals surface area contributed by atoms with E-state index in [4.69, 9.17) is 5.26 Å². The fourth-order valence-electron chi connectivity index (χ4n) is 1.96. The maximum absolute atomic E-state index is 9.12. The van der Waals surface area contributed by atoms with Gasteiger partial charge in [-0.3, -0.25) is 0 Å². The van der Waals surface area contributed by atoms with Gasteiger partial charge < -0.3 is 0 Å². The van der Waals surface area contributed by atoms with Gasteiger partial charge in [-0.2, -0.15) is 5.26 Å². The van der Waals surface area contributed by atoms with Crippen LogP contribution in [0.5, 0.6) is 0 Å². The van der Waals surface area contributed by atoms with Gasteiger partial charge in [0.1, 0.15) is 11.1 Å². The van der Waals surface area contributed by atoms with Gasteiger partial charge in [0.15, 0.2) is 0 Å². The average Bonchev–Trinajstić information content (AvgIpc) is 2.63. The highest BCUT2D eigenvalue weighted by atomic mass is 32.1. The van der Waals surface area contributed by atoms with E-state index in [0.29, 0.717) is 5.92 Å². The number of aryl methyl sites for hydroxylation is 1. The fraction of sp³-hybridized carbons (Fsp3) is 0.429. The van der Waals surface area contributed by atoms with Crippen molar-refractivity contribution in [1.29, 1.82) is 5.26 Å². The van der Waals surface area contributed by atoms with Crippen LogP contribution in [0.15, 0.2) is 17.1 Å². The fourth-order valence-corrected chi connectivity index (χ4v) is 2.92. The Morgan fingerprint density at radius 2 is 2.29 bits per heavy atom. The molecule has 1 aromatic rings. The van der Waals surface area contributed by atoms with Crippen LogP contribution in [0.25, 0.3) is 0 Å². The van der Waals surface area contributed by atoms with Crippen LogP contribution in [-0.2, 0) is 0 Å². The number of hydrogen-bond acceptors (Lipinski definition) is 3. The lowest BCUT2D eigenvalue weighted by molar-refractivity contribution is 0.628. The van der Waals surface area contributed by atoms with Crippen molar-refractivity contribution in [3.05, 3.63) is 28.2 Å². The Balaban J connectivity index is 2.18. The van der Waals surface area contributed by atoms with Crippen molar-refractivity contribution < 1.29 is 0 Å². The Kier molecular flexibility index (Phi) is 3.75. The molecule has 1 atom stereocenters. The lowest BCUT2D eigenvalue weighted by Gasteiger charge is -2.11. The third-order valence-corrected chi connectivity index (χ3v) is 4.31. The summed E-state index contributed by atoms with van der Waals surface area (Å²) in [6.07, 6.45) is 9.86. The highest BCUT2D eigenvalue weighted by Crippen LogP contribution is 2.34. The van der Waals surface area contributed by atoms with E-state index in [1.807, 2.05) is 20.1 Å². The number of nitriles is 1. The number of hydrogen-bond donors (Lipinski definition) is 0. The first-order valence-corrected chi connectivity index (χ1v) is 6.73. The summed E-state index contributed by atoms with van der Waals surface area (Å²) in [5.41, 5.74) is 1.82. The second kappa shape index (κ2) is 5.29. The summed E-state index contributed by atoms with van der Waals surface area (Å²) in [6, 6.07) is 2.26. The number of nitrogens with zero attached hydrogens (tertiary/aromatic N) is 2. The average molecular weight is 244 g/mol. The maximum Gasteiger partial charge on any atom is 0.133 e. The molecule has 0 saturated heterocycles. The van der Waals surface area contributed by atoms with Crippen molar-refractivity contribution in [2.24, 2.45) is 10.9 Å². The minimum absolute atomic E-state index is 0.536. The number of aliphatic imine (C=N–C) groups is 1. The number of allylic oxidation sites excluding steroid dienone is 2. The molecule has 1 aliphatic carbocycles. The summed E-state index contributed by atoms with van der Waals surface area (Å²) in [6.45, 7) is 4.04. The molecule has 2 rings (SSSR count). The van der Waals surface area contributed by atoms with E-state index in [9.17, 15) is 0 Å². The van der Waals surface area contributed by atoms with E-state index < -0.39 is 0 Å². The van der Waals surface area contributed by atoms with Crippen LogP contribution < -0.4 is 0 Å².